The maximum Gasteiger partial charge on any atom is 0.182 e. The van der Waals surface area contributed by atoms with Gasteiger partial charge in [0.15, 0.2) is 16.7 Å². The minimum Gasteiger partial charge on any atom is -0.490 e. The summed E-state index contributed by atoms with van der Waals surface area (Å²) in [5, 5.41) is 5.10. The van der Waals surface area contributed by atoms with E-state index >= 15 is 0 Å². The van der Waals surface area contributed by atoms with Crippen LogP contribution in [0.5, 0.6) is 11.5 Å². The summed E-state index contributed by atoms with van der Waals surface area (Å²) in [5.41, 5.74) is 5.55. The number of fused-ring (bicyclic) bond motifs is 1. The van der Waals surface area contributed by atoms with Gasteiger partial charge >= 0.3 is 0 Å². The lowest BCUT2D eigenvalue weighted by atomic mass is 10.1. The fourth-order valence-corrected chi connectivity index (χ4v) is 3.28. The van der Waals surface area contributed by atoms with Crippen molar-refractivity contribution in [2.24, 2.45) is 10.1 Å². The largest absolute Gasteiger partial charge is 0.490 e. The number of nitrogens with one attached hydrogen (secondary N) is 1. The van der Waals surface area contributed by atoms with Crippen LogP contribution >= 0.6 is 11.8 Å². The predicted molar refractivity (Wildman–Crippen MR) is 97.7 cm³/mol. The van der Waals surface area contributed by atoms with Crippen LogP contribution in [0.2, 0.25) is 0 Å². The predicted octanol–water partition coefficient (Wildman–Crippen LogP) is 3.72. The van der Waals surface area contributed by atoms with Crippen LogP contribution in [0.25, 0.3) is 0 Å². The third-order valence-corrected chi connectivity index (χ3v) is 4.64. The number of ether oxygens (including phenoxy) is 2. The summed E-state index contributed by atoms with van der Waals surface area (Å²) < 4.78 is 24.3. The third-order valence-electron chi connectivity index (χ3n) is 3.77. The second kappa shape index (κ2) is 7.14. The van der Waals surface area contributed by atoms with E-state index in [9.17, 15) is 4.39 Å². The molecule has 0 fully saturated rings. The molecule has 128 valence electrons. The number of rotatable bonds is 2. The Morgan fingerprint density at radius 2 is 1.84 bits per heavy atom. The Morgan fingerprint density at radius 3 is 2.60 bits per heavy atom. The number of aliphatic imine (C=N–C) groups is 1. The van der Waals surface area contributed by atoms with Gasteiger partial charge in [0.25, 0.3) is 0 Å². The Labute approximate surface area is 148 Å². The number of benzene rings is 2. The van der Waals surface area contributed by atoms with Gasteiger partial charge in [0.2, 0.25) is 0 Å². The van der Waals surface area contributed by atoms with Gasteiger partial charge in [-0.05, 0) is 42.5 Å². The van der Waals surface area contributed by atoms with E-state index in [4.69, 9.17) is 9.47 Å². The number of halogens is 1. The lowest BCUT2D eigenvalue weighted by Gasteiger charge is -2.16. The molecule has 2 aromatic rings. The monoisotopic (exact) mass is 357 g/mol. The lowest BCUT2D eigenvalue weighted by molar-refractivity contribution is 0.297. The first-order valence-corrected chi connectivity index (χ1v) is 8.96. The Morgan fingerprint density at radius 1 is 1.04 bits per heavy atom. The highest BCUT2D eigenvalue weighted by Crippen LogP contribution is 2.31. The zero-order chi connectivity index (χ0) is 17.1. The van der Waals surface area contributed by atoms with Crippen LogP contribution in [0.15, 0.2) is 52.6 Å². The van der Waals surface area contributed by atoms with E-state index in [1.165, 1.54) is 12.1 Å². The summed E-state index contributed by atoms with van der Waals surface area (Å²) in [7, 11) is 0. The number of hydrazone groups is 1. The molecule has 0 amide bonds. The number of amidine groups is 1. The normalized spacial score (nSPS) is 18.3. The molecule has 4 rings (SSSR count). The average Bonchev–Trinajstić information content (AvgIpc) is 2.89. The molecule has 0 saturated heterocycles. The zero-order valence-corrected chi connectivity index (χ0v) is 14.2. The van der Waals surface area contributed by atoms with E-state index in [0.29, 0.717) is 29.8 Å². The maximum atomic E-state index is 12.9. The van der Waals surface area contributed by atoms with Gasteiger partial charge in [0.05, 0.1) is 24.6 Å². The summed E-state index contributed by atoms with van der Waals surface area (Å²) >= 11 is 1.55. The van der Waals surface area contributed by atoms with Gasteiger partial charge < -0.3 is 9.47 Å². The molecule has 2 aliphatic rings. The van der Waals surface area contributed by atoms with Crippen molar-refractivity contribution < 1.29 is 13.9 Å². The standard InChI is InChI=1S/C18H16FN3O2S/c19-13-3-5-14(6-4-13)20-18-22-21-15(11-25-18)12-2-7-16-17(10-12)24-9-1-8-23-16/h2-7,10H,1,8-9,11H2,(H,20,22). The fraction of sp³-hybridized carbons (Fsp3) is 0.222. The molecule has 7 heteroatoms. The maximum absolute atomic E-state index is 12.9. The SMILES string of the molecule is Fc1ccc(N=C2NN=C(c3ccc4c(c3)OCCCO4)CS2)cc1. The van der Waals surface area contributed by atoms with Crippen LogP contribution in [0.1, 0.15) is 12.0 Å². The van der Waals surface area contributed by atoms with Crippen molar-refractivity contribution in [3.63, 3.8) is 0 Å². The molecule has 1 N–H and O–H groups in total. The Balaban J connectivity index is 1.51. The summed E-state index contributed by atoms with van der Waals surface area (Å²) in [6.07, 6.45) is 0.881. The van der Waals surface area contributed by atoms with Gasteiger partial charge in [-0.15, -0.1) is 0 Å². The molecule has 5 nitrogen and oxygen atoms in total. The lowest BCUT2D eigenvalue weighted by Crippen LogP contribution is -2.25. The van der Waals surface area contributed by atoms with Crippen LogP contribution in [0.4, 0.5) is 10.1 Å². The first-order valence-electron chi connectivity index (χ1n) is 7.97. The fourth-order valence-electron chi connectivity index (χ4n) is 2.50. The van der Waals surface area contributed by atoms with E-state index < -0.39 is 0 Å². The van der Waals surface area contributed by atoms with Gasteiger partial charge in [-0.25, -0.2) is 9.38 Å². The molecule has 0 spiro atoms. The minimum absolute atomic E-state index is 0.275. The molecule has 0 saturated carbocycles. The van der Waals surface area contributed by atoms with Crippen molar-refractivity contribution in [2.75, 3.05) is 19.0 Å². The highest BCUT2D eigenvalue weighted by atomic mass is 32.2. The smallest absolute Gasteiger partial charge is 0.182 e. The van der Waals surface area contributed by atoms with Crippen molar-refractivity contribution in [2.45, 2.75) is 6.42 Å². The molecule has 2 aliphatic heterocycles. The first-order chi connectivity index (χ1) is 12.3. The zero-order valence-electron chi connectivity index (χ0n) is 13.4. The van der Waals surface area contributed by atoms with Crippen LogP contribution in [-0.4, -0.2) is 29.8 Å². The van der Waals surface area contributed by atoms with Crippen molar-refractivity contribution in [3.8, 4) is 11.5 Å². The van der Waals surface area contributed by atoms with Crippen LogP contribution in [-0.2, 0) is 0 Å². The summed E-state index contributed by atoms with van der Waals surface area (Å²) in [4.78, 5) is 4.42. The van der Waals surface area contributed by atoms with E-state index in [-0.39, 0.29) is 5.82 Å². The topological polar surface area (TPSA) is 55.2 Å². The second-order valence-electron chi connectivity index (χ2n) is 5.56. The molecule has 2 heterocycles. The summed E-state index contributed by atoms with van der Waals surface area (Å²) in [6, 6.07) is 11.9. The van der Waals surface area contributed by atoms with Gasteiger partial charge in [-0.3, -0.25) is 5.43 Å². The van der Waals surface area contributed by atoms with Crippen LogP contribution in [0, 0.1) is 5.82 Å². The molecular weight excluding hydrogens is 341 g/mol. The molecular formula is C18H16FN3O2S. The Kier molecular flexibility index (Phi) is 4.56. The Bertz CT molecular complexity index is 837. The quantitative estimate of drug-likeness (QED) is 0.890. The van der Waals surface area contributed by atoms with Gasteiger partial charge in [-0.1, -0.05) is 11.8 Å². The molecule has 25 heavy (non-hydrogen) atoms. The molecule has 0 aromatic heterocycles. The summed E-state index contributed by atoms with van der Waals surface area (Å²) in [6.45, 7) is 1.33. The third kappa shape index (κ3) is 3.76. The van der Waals surface area contributed by atoms with E-state index in [2.05, 4.69) is 15.5 Å². The number of hydrogen-bond donors (Lipinski definition) is 1. The van der Waals surface area contributed by atoms with Crippen molar-refractivity contribution in [1.82, 2.24) is 5.43 Å². The van der Waals surface area contributed by atoms with E-state index in [1.54, 1.807) is 23.9 Å². The molecule has 0 aliphatic carbocycles. The molecule has 0 atom stereocenters. The minimum atomic E-state index is -0.275. The van der Waals surface area contributed by atoms with Gasteiger partial charge in [0, 0.05) is 17.7 Å². The number of nitrogens with zero attached hydrogens (tertiary/aromatic N) is 2. The molecule has 0 bridgehead atoms. The highest BCUT2D eigenvalue weighted by Gasteiger charge is 2.17. The number of hydrogen-bond acceptors (Lipinski definition) is 5. The Hall–Kier alpha value is -2.54. The van der Waals surface area contributed by atoms with E-state index in [0.717, 1.165) is 29.2 Å². The van der Waals surface area contributed by atoms with Crippen molar-refractivity contribution in [3.05, 3.63) is 53.8 Å². The summed E-state index contributed by atoms with van der Waals surface area (Å²) in [5.74, 6) is 1.94. The van der Waals surface area contributed by atoms with E-state index in [1.807, 2.05) is 18.2 Å². The molecule has 2 aromatic carbocycles. The van der Waals surface area contributed by atoms with Gasteiger partial charge in [-0.2, -0.15) is 5.10 Å². The molecule has 0 radical (unpaired) electrons. The molecule has 0 unspecified atom stereocenters. The van der Waals surface area contributed by atoms with Gasteiger partial charge in [0.1, 0.15) is 5.82 Å². The van der Waals surface area contributed by atoms with Crippen molar-refractivity contribution in [1.29, 1.82) is 0 Å². The second-order valence-corrected chi connectivity index (χ2v) is 6.53. The van der Waals surface area contributed by atoms with Crippen LogP contribution < -0.4 is 14.9 Å². The number of thioether (sulfide) groups is 1. The van der Waals surface area contributed by atoms with Crippen molar-refractivity contribution >= 4 is 28.3 Å². The first kappa shape index (κ1) is 16.0. The highest BCUT2D eigenvalue weighted by molar-refractivity contribution is 8.14. The van der Waals surface area contributed by atoms with Crippen LogP contribution in [0.3, 0.4) is 0 Å². The average molecular weight is 357 g/mol.